The summed E-state index contributed by atoms with van der Waals surface area (Å²) in [5, 5.41) is 11.7. The van der Waals surface area contributed by atoms with Crippen LogP contribution in [-0.4, -0.2) is 67.8 Å². The van der Waals surface area contributed by atoms with Gasteiger partial charge < -0.3 is 10.4 Å². The number of anilines is 1. The highest BCUT2D eigenvalue weighted by Crippen LogP contribution is 2.19. The summed E-state index contributed by atoms with van der Waals surface area (Å²) >= 11 is 0. The number of likely N-dealkylation sites (tertiary alicyclic amines) is 1. The zero-order chi connectivity index (χ0) is 17.9. The molecule has 0 spiro atoms. The van der Waals surface area contributed by atoms with Gasteiger partial charge in [0.25, 0.3) is 0 Å². The molecule has 0 bridgehead atoms. The molecule has 9 heteroatoms. The van der Waals surface area contributed by atoms with E-state index in [-0.39, 0.29) is 17.3 Å². The third-order valence-corrected chi connectivity index (χ3v) is 5.70. The van der Waals surface area contributed by atoms with Crippen LogP contribution in [0.4, 0.5) is 5.69 Å². The molecule has 1 saturated heterocycles. The quantitative estimate of drug-likeness (QED) is 0.766. The zero-order valence-electron chi connectivity index (χ0n) is 13.6. The second-order valence-electron chi connectivity index (χ2n) is 5.83. The fourth-order valence-electron chi connectivity index (χ4n) is 2.63. The maximum atomic E-state index is 12.1. The van der Waals surface area contributed by atoms with Crippen LogP contribution in [0.2, 0.25) is 0 Å². The number of benzene rings is 1. The Morgan fingerprint density at radius 3 is 2.71 bits per heavy atom. The van der Waals surface area contributed by atoms with Crippen LogP contribution in [0.5, 0.6) is 0 Å². The minimum atomic E-state index is -3.58. The first-order valence-corrected chi connectivity index (χ1v) is 8.95. The second kappa shape index (κ2) is 7.29. The first-order valence-electron chi connectivity index (χ1n) is 7.51. The Morgan fingerprint density at radius 1 is 1.38 bits per heavy atom. The number of nitrogens with zero attached hydrogens (tertiary/aromatic N) is 2. The summed E-state index contributed by atoms with van der Waals surface area (Å²) in [6, 6.07) is 5.32. The molecule has 0 radical (unpaired) electrons. The average Bonchev–Trinajstić information content (AvgIpc) is 2.95. The Bertz CT molecular complexity index is 732. The number of carboxylic acid groups (broad SMARTS) is 1. The van der Waals surface area contributed by atoms with Crippen LogP contribution < -0.4 is 5.32 Å². The summed E-state index contributed by atoms with van der Waals surface area (Å²) in [6.45, 7) is 0.515. The summed E-state index contributed by atoms with van der Waals surface area (Å²) in [7, 11) is -0.723. The van der Waals surface area contributed by atoms with Gasteiger partial charge in [-0.1, -0.05) is 6.07 Å². The van der Waals surface area contributed by atoms with E-state index in [9.17, 15) is 18.0 Å². The van der Waals surface area contributed by atoms with Crippen molar-refractivity contribution in [2.24, 2.45) is 0 Å². The number of carboxylic acids is 1. The number of hydrogen-bond acceptors (Lipinski definition) is 5. The number of hydrogen-bond donors (Lipinski definition) is 2. The SMILES string of the molecule is CN(C)S(=O)(=O)c1cccc(NC(=O)CN2CCCC2C(=O)O)c1. The van der Waals surface area contributed by atoms with Crippen LogP contribution in [0, 0.1) is 0 Å². The number of nitrogens with one attached hydrogen (secondary N) is 1. The lowest BCUT2D eigenvalue weighted by molar-refractivity contribution is -0.142. The van der Waals surface area contributed by atoms with Crippen molar-refractivity contribution in [3.8, 4) is 0 Å². The maximum Gasteiger partial charge on any atom is 0.320 e. The summed E-state index contributed by atoms with van der Waals surface area (Å²) in [6.07, 6.45) is 1.26. The van der Waals surface area contributed by atoms with Gasteiger partial charge in [0.15, 0.2) is 0 Å². The third kappa shape index (κ3) is 4.11. The van der Waals surface area contributed by atoms with Crippen molar-refractivity contribution < 1.29 is 23.1 Å². The summed E-state index contributed by atoms with van der Waals surface area (Å²) in [5.41, 5.74) is 0.356. The molecule has 1 fully saturated rings. The Kier molecular flexibility index (Phi) is 5.58. The number of carbonyl (C=O) groups excluding carboxylic acids is 1. The van der Waals surface area contributed by atoms with Gasteiger partial charge in [0, 0.05) is 19.8 Å². The molecule has 2 rings (SSSR count). The highest BCUT2D eigenvalue weighted by atomic mass is 32.2. The van der Waals surface area contributed by atoms with E-state index in [0.717, 1.165) is 10.7 Å². The molecule has 1 aromatic rings. The average molecular weight is 355 g/mol. The third-order valence-electron chi connectivity index (χ3n) is 3.89. The van der Waals surface area contributed by atoms with E-state index < -0.39 is 22.0 Å². The minimum Gasteiger partial charge on any atom is -0.480 e. The zero-order valence-corrected chi connectivity index (χ0v) is 14.4. The van der Waals surface area contributed by atoms with Gasteiger partial charge >= 0.3 is 5.97 Å². The first kappa shape index (κ1) is 18.4. The van der Waals surface area contributed by atoms with E-state index in [1.54, 1.807) is 17.0 Å². The van der Waals surface area contributed by atoms with Gasteiger partial charge in [-0.25, -0.2) is 12.7 Å². The van der Waals surface area contributed by atoms with Crippen molar-refractivity contribution in [2.75, 3.05) is 32.5 Å². The smallest absolute Gasteiger partial charge is 0.320 e. The van der Waals surface area contributed by atoms with Crippen LogP contribution in [0.3, 0.4) is 0 Å². The molecule has 0 saturated carbocycles. The molecule has 2 N–H and O–H groups in total. The Hall–Kier alpha value is -1.97. The first-order chi connectivity index (χ1) is 11.2. The van der Waals surface area contributed by atoms with E-state index in [0.29, 0.717) is 18.7 Å². The number of carbonyl (C=O) groups is 2. The lowest BCUT2D eigenvalue weighted by Gasteiger charge is -2.20. The van der Waals surface area contributed by atoms with Gasteiger partial charge in [-0.3, -0.25) is 14.5 Å². The lowest BCUT2D eigenvalue weighted by atomic mass is 10.2. The number of amides is 1. The fraction of sp³-hybridized carbons (Fsp3) is 0.467. The van der Waals surface area contributed by atoms with E-state index in [1.165, 1.54) is 26.2 Å². The molecule has 8 nitrogen and oxygen atoms in total. The van der Waals surface area contributed by atoms with Gasteiger partial charge in [0.1, 0.15) is 6.04 Å². The van der Waals surface area contributed by atoms with Gasteiger partial charge in [0.2, 0.25) is 15.9 Å². The predicted octanol–water partition coefficient (Wildman–Crippen LogP) is 0.424. The van der Waals surface area contributed by atoms with E-state index in [2.05, 4.69) is 5.32 Å². The van der Waals surface area contributed by atoms with Crippen molar-refractivity contribution >= 4 is 27.6 Å². The second-order valence-corrected chi connectivity index (χ2v) is 7.98. The Balaban J connectivity index is 2.06. The molecular weight excluding hydrogens is 334 g/mol. The maximum absolute atomic E-state index is 12.1. The van der Waals surface area contributed by atoms with E-state index >= 15 is 0 Å². The highest BCUT2D eigenvalue weighted by molar-refractivity contribution is 7.89. The summed E-state index contributed by atoms with van der Waals surface area (Å²) in [4.78, 5) is 24.9. The largest absolute Gasteiger partial charge is 0.480 e. The van der Waals surface area contributed by atoms with Crippen LogP contribution in [0.1, 0.15) is 12.8 Å². The fourth-order valence-corrected chi connectivity index (χ4v) is 3.57. The van der Waals surface area contributed by atoms with Crippen LogP contribution in [0.15, 0.2) is 29.2 Å². The predicted molar refractivity (Wildman–Crippen MR) is 88.2 cm³/mol. The molecule has 1 aliphatic rings. The molecule has 1 heterocycles. The molecule has 0 aromatic heterocycles. The van der Waals surface area contributed by atoms with Crippen molar-refractivity contribution in [3.63, 3.8) is 0 Å². The minimum absolute atomic E-state index is 0.0401. The van der Waals surface area contributed by atoms with Gasteiger partial charge in [-0.05, 0) is 37.6 Å². The van der Waals surface area contributed by atoms with Gasteiger partial charge in [0.05, 0.1) is 11.4 Å². The highest BCUT2D eigenvalue weighted by Gasteiger charge is 2.31. The van der Waals surface area contributed by atoms with Crippen LogP contribution in [0.25, 0.3) is 0 Å². The van der Waals surface area contributed by atoms with Gasteiger partial charge in [-0.15, -0.1) is 0 Å². The molecule has 24 heavy (non-hydrogen) atoms. The molecule has 1 unspecified atom stereocenters. The van der Waals surface area contributed by atoms with E-state index in [1.807, 2.05) is 0 Å². The standard InChI is InChI=1S/C15H21N3O5S/c1-17(2)24(22,23)12-6-3-5-11(9-12)16-14(19)10-18-8-4-7-13(18)15(20)21/h3,5-6,9,13H,4,7-8,10H2,1-2H3,(H,16,19)(H,20,21). The molecule has 1 amide bonds. The topological polar surface area (TPSA) is 107 Å². The normalized spacial score (nSPS) is 18.7. The van der Waals surface area contributed by atoms with Crippen molar-refractivity contribution in [3.05, 3.63) is 24.3 Å². The number of sulfonamides is 1. The Morgan fingerprint density at radius 2 is 2.08 bits per heavy atom. The monoisotopic (exact) mass is 355 g/mol. The molecule has 1 aromatic carbocycles. The summed E-state index contributed by atoms with van der Waals surface area (Å²) < 4.78 is 25.3. The molecular formula is C15H21N3O5S. The summed E-state index contributed by atoms with van der Waals surface area (Å²) in [5.74, 6) is -1.30. The van der Waals surface area contributed by atoms with Crippen LogP contribution in [-0.2, 0) is 19.6 Å². The Labute approximate surface area is 141 Å². The molecule has 0 aliphatic carbocycles. The van der Waals surface area contributed by atoms with Crippen LogP contribution >= 0.6 is 0 Å². The molecule has 132 valence electrons. The van der Waals surface area contributed by atoms with Crippen molar-refractivity contribution in [1.82, 2.24) is 9.21 Å². The van der Waals surface area contributed by atoms with Crippen molar-refractivity contribution in [1.29, 1.82) is 0 Å². The number of rotatable bonds is 6. The molecule has 1 aliphatic heterocycles. The molecule has 1 atom stereocenters. The van der Waals surface area contributed by atoms with E-state index in [4.69, 9.17) is 5.11 Å². The van der Waals surface area contributed by atoms with Crippen molar-refractivity contribution in [2.45, 2.75) is 23.8 Å². The van der Waals surface area contributed by atoms with Gasteiger partial charge in [-0.2, -0.15) is 0 Å². The lowest BCUT2D eigenvalue weighted by Crippen LogP contribution is -2.40. The number of aliphatic carboxylic acids is 1.